The fourth-order valence-electron chi connectivity index (χ4n) is 1.93. The van der Waals surface area contributed by atoms with E-state index in [0.29, 0.717) is 17.0 Å². The number of carbonyl (C=O) groups is 1. The fraction of sp³-hybridized carbons (Fsp3) is 0.636. The SMILES string of the molecule is CCc1nc(C2(C)CCCO2)sc1C(=O)O. The van der Waals surface area contributed by atoms with Gasteiger partial charge in [-0.2, -0.15) is 0 Å². The molecule has 4 nitrogen and oxygen atoms in total. The first kappa shape index (κ1) is 11.5. The highest BCUT2D eigenvalue weighted by atomic mass is 32.1. The first-order chi connectivity index (χ1) is 7.57. The van der Waals surface area contributed by atoms with E-state index in [1.807, 2.05) is 13.8 Å². The van der Waals surface area contributed by atoms with Crippen LogP contribution >= 0.6 is 11.3 Å². The van der Waals surface area contributed by atoms with Crippen molar-refractivity contribution in [2.24, 2.45) is 0 Å². The minimum absolute atomic E-state index is 0.356. The van der Waals surface area contributed by atoms with Crippen LogP contribution in [-0.2, 0) is 16.8 Å². The summed E-state index contributed by atoms with van der Waals surface area (Å²) in [4.78, 5) is 15.8. The average Bonchev–Trinajstić information content (AvgIpc) is 2.83. The number of hydrogen-bond donors (Lipinski definition) is 1. The normalized spacial score (nSPS) is 24.9. The second kappa shape index (κ2) is 4.14. The van der Waals surface area contributed by atoms with Crippen molar-refractivity contribution in [2.45, 2.75) is 38.7 Å². The summed E-state index contributed by atoms with van der Waals surface area (Å²) in [6, 6.07) is 0. The van der Waals surface area contributed by atoms with Gasteiger partial charge in [0.1, 0.15) is 15.5 Å². The number of aryl methyl sites for hydroxylation is 1. The highest BCUT2D eigenvalue weighted by Gasteiger charge is 2.36. The molecule has 1 unspecified atom stereocenters. The third-order valence-electron chi connectivity index (χ3n) is 2.90. The third kappa shape index (κ3) is 1.85. The standard InChI is InChI=1S/C11H15NO3S/c1-3-7-8(9(13)14)16-10(12-7)11(2)5-4-6-15-11/h3-6H2,1-2H3,(H,13,14). The Bertz CT molecular complexity index is 407. The van der Waals surface area contributed by atoms with Crippen LogP contribution in [0.4, 0.5) is 0 Å². The minimum Gasteiger partial charge on any atom is -0.477 e. The molecule has 0 aliphatic carbocycles. The zero-order chi connectivity index (χ0) is 11.8. The van der Waals surface area contributed by atoms with E-state index in [2.05, 4.69) is 4.98 Å². The van der Waals surface area contributed by atoms with Crippen LogP contribution in [0.3, 0.4) is 0 Å². The van der Waals surface area contributed by atoms with E-state index in [0.717, 1.165) is 24.5 Å². The van der Waals surface area contributed by atoms with Gasteiger partial charge in [0.25, 0.3) is 0 Å². The van der Waals surface area contributed by atoms with E-state index in [9.17, 15) is 4.79 Å². The number of aromatic carboxylic acids is 1. The van der Waals surface area contributed by atoms with Crippen molar-refractivity contribution in [3.63, 3.8) is 0 Å². The van der Waals surface area contributed by atoms with E-state index in [4.69, 9.17) is 9.84 Å². The molecule has 0 bridgehead atoms. The molecule has 1 N–H and O–H groups in total. The molecule has 1 aliphatic rings. The summed E-state index contributed by atoms with van der Waals surface area (Å²) in [5, 5.41) is 9.87. The smallest absolute Gasteiger partial charge is 0.347 e. The van der Waals surface area contributed by atoms with Gasteiger partial charge in [0.15, 0.2) is 0 Å². The van der Waals surface area contributed by atoms with Gasteiger partial charge in [-0.15, -0.1) is 11.3 Å². The molecule has 1 saturated heterocycles. The van der Waals surface area contributed by atoms with E-state index < -0.39 is 5.97 Å². The van der Waals surface area contributed by atoms with Crippen molar-refractivity contribution in [1.29, 1.82) is 0 Å². The van der Waals surface area contributed by atoms with Gasteiger partial charge in [0.2, 0.25) is 0 Å². The maximum absolute atomic E-state index is 11.0. The molecule has 0 amide bonds. The van der Waals surface area contributed by atoms with Crippen molar-refractivity contribution in [3.05, 3.63) is 15.6 Å². The highest BCUT2D eigenvalue weighted by Crippen LogP contribution is 2.38. The largest absolute Gasteiger partial charge is 0.477 e. The van der Waals surface area contributed by atoms with Crippen molar-refractivity contribution >= 4 is 17.3 Å². The van der Waals surface area contributed by atoms with Crippen LogP contribution in [-0.4, -0.2) is 22.7 Å². The summed E-state index contributed by atoms with van der Waals surface area (Å²) in [6.45, 7) is 4.65. The zero-order valence-electron chi connectivity index (χ0n) is 9.45. The first-order valence-electron chi connectivity index (χ1n) is 5.44. The van der Waals surface area contributed by atoms with E-state index >= 15 is 0 Å². The van der Waals surface area contributed by atoms with Gasteiger partial charge in [-0.1, -0.05) is 6.92 Å². The quantitative estimate of drug-likeness (QED) is 0.883. The molecule has 0 aromatic carbocycles. The Morgan fingerprint density at radius 1 is 1.69 bits per heavy atom. The summed E-state index contributed by atoms with van der Waals surface area (Å²) in [5.41, 5.74) is 0.298. The molecular weight excluding hydrogens is 226 g/mol. The van der Waals surface area contributed by atoms with Gasteiger partial charge in [-0.05, 0) is 26.2 Å². The predicted octanol–water partition coefficient (Wildman–Crippen LogP) is 2.43. The number of nitrogens with zero attached hydrogens (tertiary/aromatic N) is 1. The van der Waals surface area contributed by atoms with Gasteiger partial charge in [0.05, 0.1) is 5.69 Å². The Labute approximate surface area is 98.3 Å². The lowest BCUT2D eigenvalue weighted by Crippen LogP contribution is -2.19. The molecule has 2 heterocycles. The molecule has 88 valence electrons. The lowest BCUT2D eigenvalue weighted by atomic mass is 10.0. The van der Waals surface area contributed by atoms with Crippen LogP contribution in [0.25, 0.3) is 0 Å². The topological polar surface area (TPSA) is 59.4 Å². The maximum atomic E-state index is 11.0. The number of aromatic nitrogens is 1. The van der Waals surface area contributed by atoms with Crippen LogP contribution in [0, 0.1) is 0 Å². The van der Waals surface area contributed by atoms with Crippen molar-refractivity contribution in [1.82, 2.24) is 4.98 Å². The molecule has 0 saturated carbocycles. The lowest BCUT2D eigenvalue weighted by molar-refractivity contribution is 0.0165. The zero-order valence-corrected chi connectivity index (χ0v) is 10.3. The molecule has 16 heavy (non-hydrogen) atoms. The Morgan fingerprint density at radius 2 is 2.44 bits per heavy atom. The van der Waals surface area contributed by atoms with Gasteiger partial charge in [-0.3, -0.25) is 0 Å². The summed E-state index contributed by atoms with van der Waals surface area (Å²) in [5.74, 6) is -0.887. The Kier molecular flexibility index (Phi) is 2.99. The number of hydrogen-bond acceptors (Lipinski definition) is 4. The fourth-order valence-corrected chi connectivity index (χ4v) is 3.05. The van der Waals surface area contributed by atoms with E-state index in [1.165, 1.54) is 11.3 Å². The van der Waals surface area contributed by atoms with Crippen LogP contribution in [0.5, 0.6) is 0 Å². The van der Waals surface area contributed by atoms with Crippen LogP contribution in [0.15, 0.2) is 0 Å². The summed E-state index contributed by atoms with van der Waals surface area (Å²) in [7, 11) is 0. The lowest BCUT2D eigenvalue weighted by Gasteiger charge is -2.19. The van der Waals surface area contributed by atoms with Gasteiger partial charge < -0.3 is 9.84 Å². The van der Waals surface area contributed by atoms with Crippen LogP contribution in [0.1, 0.15) is 47.1 Å². The predicted molar refractivity (Wildman–Crippen MR) is 61.0 cm³/mol. The van der Waals surface area contributed by atoms with E-state index in [-0.39, 0.29) is 5.60 Å². The Morgan fingerprint density at radius 3 is 2.88 bits per heavy atom. The number of thiazole rings is 1. The summed E-state index contributed by atoms with van der Waals surface area (Å²) in [6.07, 6.45) is 2.58. The molecular formula is C11H15NO3S. The summed E-state index contributed by atoms with van der Waals surface area (Å²) >= 11 is 1.25. The van der Waals surface area contributed by atoms with Gasteiger partial charge in [-0.25, -0.2) is 9.78 Å². The van der Waals surface area contributed by atoms with Gasteiger partial charge >= 0.3 is 5.97 Å². The van der Waals surface area contributed by atoms with E-state index in [1.54, 1.807) is 0 Å². The number of ether oxygens (including phenoxy) is 1. The molecule has 0 radical (unpaired) electrons. The highest BCUT2D eigenvalue weighted by molar-refractivity contribution is 7.13. The molecule has 1 fully saturated rings. The Balaban J connectivity index is 2.39. The van der Waals surface area contributed by atoms with Crippen molar-refractivity contribution < 1.29 is 14.6 Å². The molecule has 1 aromatic heterocycles. The molecule has 1 aromatic rings. The number of carboxylic acids is 1. The minimum atomic E-state index is -0.887. The first-order valence-corrected chi connectivity index (χ1v) is 6.26. The summed E-state index contributed by atoms with van der Waals surface area (Å²) < 4.78 is 5.67. The van der Waals surface area contributed by atoms with Crippen LogP contribution < -0.4 is 0 Å². The number of rotatable bonds is 3. The molecule has 5 heteroatoms. The van der Waals surface area contributed by atoms with Crippen LogP contribution in [0.2, 0.25) is 0 Å². The second-order valence-corrected chi connectivity index (χ2v) is 5.14. The molecule has 2 rings (SSSR count). The molecule has 1 atom stereocenters. The van der Waals surface area contributed by atoms with Crippen molar-refractivity contribution in [2.75, 3.05) is 6.61 Å². The van der Waals surface area contributed by atoms with Gasteiger partial charge in [0, 0.05) is 6.61 Å². The molecule has 1 aliphatic heterocycles. The average molecular weight is 241 g/mol. The monoisotopic (exact) mass is 241 g/mol. The Hall–Kier alpha value is -0.940. The third-order valence-corrected chi connectivity index (χ3v) is 4.23. The van der Waals surface area contributed by atoms with Crippen molar-refractivity contribution in [3.8, 4) is 0 Å². The molecule has 0 spiro atoms. The maximum Gasteiger partial charge on any atom is 0.347 e. The second-order valence-electron chi connectivity index (χ2n) is 4.14. The number of carboxylic acid groups (broad SMARTS) is 1.